The highest BCUT2D eigenvalue weighted by atomic mass is 19.1. The molecule has 4 rings (SSSR count). The molecule has 0 spiro atoms. The molecule has 0 amide bonds. The van der Waals surface area contributed by atoms with E-state index in [-0.39, 0.29) is 11.2 Å². The molecule has 0 heterocycles. The topological polar surface area (TPSA) is 26.0 Å². The van der Waals surface area contributed by atoms with E-state index < -0.39 is 0 Å². The van der Waals surface area contributed by atoms with Gasteiger partial charge in [0.2, 0.25) is 0 Å². The Morgan fingerprint density at radius 2 is 1.61 bits per heavy atom. The molecule has 188 valence electrons. The number of aryl methyl sites for hydroxylation is 3. The largest absolute Gasteiger partial charge is 0.330 e. The molecule has 0 bridgehead atoms. The van der Waals surface area contributed by atoms with E-state index in [1.807, 2.05) is 19.1 Å². The van der Waals surface area contributed by atoms with Gasteiger partial charge in [-0.3, -0.25) is 0 Å². The van der Waals surface area contributed by atoms with Crippen LogP contribution in [0.25, 0.3) is 11.1 Å². The maximum absolute atomic E-state index is 15.3. The number of benzene rings is 3. The number of hydrogen-bond acceptors (Lipinski definition) is 1. The average Bonchev–Trinajstić information content (AvgIpc) is 3.01. The summed E-state index contributed by atoms with van der Waals surface area (Å²) in [7, 11) is 0. The first-order valence-corrected chi connectivity index (χ1v) is 13.3. The molecular weight excluding hydrogens is 441 g/mol. The normalized spacial score (nSPS) is 13.9. The van der Waals surface area contributed by atoms with Gasteiger partial charge < -0.3 is 5.73 Å². The lowest BCUT2D eigenvalue weighted by Gasteiger charge is -2.23. The van der Waals surface area contributed by atoms with Crippen molar-refractivity contribution in [2.24, 2.45) is 11.1 Å². The summed E-state index contributed by atoms with van der Waals surface area (Å²) in [6.45, 7) is 13.7. The van der Waals surface area contributed by atoms with E-state index in [0.717, 1.165) is 66.4 Å². The summed E-state index contributed by atoms with van der Waals surface area (Å²) in [4.78, 5) is 0. The summed E-state index contributed by atoms with van der Waals surface area (Å²) >= 11 is 0. The third-order valence-corrected chi connectivity index (χ3v) is 7.45. The fourth-order valence-electron chi connectivity index (χ4n) is 5.07. The number of halogens is 1. The fraction of sp³-hybridized carbons (Fsp3) is 0.353. The van der Waals surface area contributed by atoms with Crippen LogP contribution >= 0.6 is 0 Å². The highest BCUT2D eigenvalue weighted by Gasteiger charge is 2.23. The van der Waals surface area contributed by atoms with E-state index in [2.05, 4.69) is 69.8 Å². The second kappa shape index (κ2) is 11.0. The number of rotatable bonds is 7. The van der Waals surface area contributed by atoms with Gasteiger partial charge in [0.15, 0.2) is 0 Å². The Morgan fingerprint density at radius 1 is 0.917 bits per heavy atom. The molecule has 1 aliphatic carbocycles. The molecule has 36 heavy (non-hydrogen) atoms. The standard InChI is InChI=1S/C34H40FN/c1-23-11-17-30(32(35)20-23)31-10-6-9-28-22-26(21-24(2)34(3,4)5)14-18-29(28)33(31)27-15-12-25(13-16-27)8-7-19-36/h11-18,20,22H,2,6-10,19,21,36H2,1,3-5H3. The van der Waals surface area contributed by atoms with Gasteiger partial charge in [0.1, 0.15) is 5.82 Å². The predicted octanol–water partition coefficient (Wildman–Crippen LogP) is 8.47. The van der Waals surface area contributed by atoms with Crippen molar-refractivity contribution in [3.05, 3.63) is 118 Å². The molecule has 2 heteroatoms. The van der Waals surface area contributed by atoms with Gasteiger partial charge in [-0.25, -0.2) is 4.39 Å². The van der Waals surface area contributed by atoms with E-state index in [0.29, 0.717) is 6.54 Å². The van der Waals surface area contributed by atoms with Crippen molar-refractivity contribution in [2.45, 2.75) is 66.2 Å². The second-order valence-corrected chi connectivity index (χ2v) is 11.3. The number of nitrogens with two attached hydrogens (primary N) is 1. The van der Waals surface area contributed by atoms with Crippen molar-refractivity contribution in [2.75, 3.05) is 6.54 Å². The molecule has 0 saturated heterocycles. The Hall–Kier alpha value is -2.97. The van der Waals surface area contributed by atoms with E-state index in [1.54, 1.807) is 6.07 Å². The predicted molar refractivity (Wildman–Crippen MR) is 153 cm³/mol. The van der Waals surface area contributed by atoms with Gasteiger partial charge in [-0.2, -0.15) is 0 Å². The minimum Gasteiger partial charge on any atom is -0.330 e. The summed E-state index contributed by atoms with van der Waals surface area (Å²) in [6.07, 6.45) is 5.67. The van der Waals surface area contributed by atoms with E-state index in [4.69, 9.17) is 5.73 Å². The SMILES string of the molecule is C=C(Cc1ccc2c(c1)CCCC(c1ccc(C)cc1F)=C2c1ccc(CCCN)cc1)C(C)(C)C. The monoisotopic (exact) mass is 481 g/mol. The van der Waals surface area contributed by atoms with Crippen molar-refractivity contribution in [3.8, 4) is 0 Å². The summed E-state index contributed by atoms with van der Waals surface area (Å²) < 4.78 is 15.3. The first-order valence-electron chi connectivity index (χ1n) is 13.3. The van der Waals surface area contributed by atoms with Gasteiger partial charge in [0, 0.05) is 5.56 Å². The maximum atomic E-state index is 15.3. The Bertz CT molecular complexity index is 1270. The van der Waals surface area contributed by atoms with Crippen LogP contribution in [0.1, 0.15) is 79.0 Å². The first kappa shape index (κ1) is 26.1. The van der Waals surface area contributed by atoms with Gasteiger partial charge in [0.25, 0.3) is 0 Å². The zero-order valence-electron chi connectivity index (χ0n) is 22.4. The molecule has 3 aromatic rings. The fourth-order valence-corrected chi connectivity index (χ4v) is 5.07. The number of hydrogen-bond donors (Lipinski definition) is 1. The molecule has 2 N–H and O–H groups in total. The van der Waals surface area contributed by atoms with Gasteiger partial charge >= 0.3 is 0 Å². The van der Waals surface area contributed by atoms with Crippen LogP contribution in [0.2, 0.25) is 0 Å². The van der Waals surface area contributed by atoms with Crippen molar-refractivity contribution >= 4 is 11.1 Å². The van der Waals surface area contributed by atoms with Crippen LogP contribution in [0.3, 0.4) is 0 Å². The molecular formula is C34H40FN. The molecule has 0 radical (unpaired) electrons. The first-order chi connectivity index (χ1) is 17.2. The highest BCUT2D eigenvalue weighted by Crippen LogP contribution is 2.41. The van der Waals surface area contributed by atoms with E-state index >= 15 is 4.39 Å². The van der Waals surface area contributed by atoms with Crippen molar-refractivity contribution in [1.82, 2.24) is 0 Å². The van der Waals surface area contributed by atoms with Gasteiger partial charge in [-0.1, -0.05) is 87.5 Å². The number of fused-ring (bicyclic) bond motifs is 1. The summed E-state index contributed by atoms with van der Waals surface area (Å²) in [5, 5.41) is 0. The lowest BCUT2D eigenvalue weighted by Crippen LogP contribution is -2.10. The Labute approximate surface area is 217 Å². The van der Waals surface area contributed by atoms with Crippen molar-refractivity contribution in [3.63, 3.8) is 0 Å². The van der Waals surface area contributed by atoms with Crippen LogP contribution in [0.15, 0.2) is 72.8 Å². The minimum absolute atomic E-state index is 0.0830. The van der Waals surface area contributed by atoms with Crippen LogP contribution in [0.5, 0.6) is 0 Å². The van der Waals surface area contributed by atoms with E-state index in [9.17, 15) is 0 Å². The molecule has 1 nitrogen and oxygen atoms in total. The molecule has 0 atom stereocenters. The zero-order chi connectivity index (χ0) is 25.9. The third kappa shape index (κ3) is 5.87. The Balaban J connectivity index is 1.85. The highest BCUT2D eigenvalue weighted by molar-refractivity contribution is 6.00. The summed E-state index contributed by atoms with van der Waals surface area (Å²) in [6, 6.07) is 21.3. The van der Waals surface area contributed by atoms with Crippen molar-refractivity contribution in [1.29, 1.82) is 0 Å². The summed E-state index contributed by atoms with van der Waals surface area (Å²) in [5.41, 5.74) is 17.3. The van der Waals surface area contributed by atoms with Crippen LogP contribution in [-0.2, 0) is 19.3 Å². The van der Waals surface area contributed by atoms with Crippen LogP contribution in [-0.4, -0.2) is 6.54 Å². The average molecular weight is 482 g/mol. The molecule has 0 aliphatic heterocycles. The van der Waals surface area contributed by atoms with Crippen molar-refractivity contribution < 1.29 is 4.39 Å². The van der Waals surface area contributed by atoms with Crippen LogP contribution < -0.4 is 5.73 Å². The smallest absolute Gasteiger partial charge is 0.130 e. The lowest BCUT2D eigenvalue weighted by atomic mass is 9.82. The van der Waals surface area contributed by atoms with Crippen LogP contribution in [0, 0.1) is 18.2 Å². The van der Waals surface area contributed by atoms with Crippen LogP contribution in [0.4, 0.5) is 4.39 Å². The molecule has 0 unspecified atom stereocenters. The zero-order valence-corrected chi connectivity index (χ0v) is 22.4. The molecule has 1 aliphatic rings. The number of allylic oxidation sites excluding steroid dienone is 2. The molecule has 3 aromatic carbocycles. The molecule has 0 aromatic heterocycles. The van der Waals surface area contributed by atoms with Gasteiger partial charge in [-0.05, 0) is 108 Å². The van der Waals surface area contributed by atoms with E-state index in [1.165, 1.54) is 27.8 Å². The summed E-state index contributed by atoms with van der Waals surface area (Å²) in [5.74, 6) is -0.136. The molecule has 0 fully saturated rings. The van der Waals surface area contributed by atoms with Gasteiger partial charge in [0.05, 0.1) is 0 Å². The Morgan fingerprint density at radius 3 is 2.28 bits per heavy atom. The Kier molecular flexibility index (Phi) is 7.95. The quantitative estimate of drug-likeness (QED) is 0.337. The lowest BCUT2D eigenvalue weighted by molar-refractivity contribution is 0.493. The minimum atomic E-state index is -0.136. The van der Waals surface area contributed by atoms with Gasteiger partial charge in [-0.15, -0.1) is 0 Å². The molecule has 0 saturated carbocycles. The second-order valence-electron chi connectivity index (χ2n) is 11.3. The maximum Gasteiger partial charge on any atom is 0.130 e. The third-order valence-electron chi connectivity index (χ3n) is 7.45.